The van der Waals surface area contributed by atoms with Crippen LogP contribution in [-0.2, 0) is 4.43 Å². The van der Waals surface area contributed by atoms with Crippen LogP contribution < -0.4 is 10.1 Å². The molecule has 1 aromatic carbocycles. The zero-order valence-corrected chi connectivity index (χ0v) is 20.6. The van der Waals surface area contributed by atoms with E-state index in [-0.39, 0.29) is 23.1 Å². The summed E-state index contributed by atoms with van der Waals surface area (Å²) in [6.07, 6.45) is 3.49. The average Bonchev–Trinajstić information content (AvgIpc) is 2.75. The monoisotopic (exact) mass is 455 g/mol. The minimum Gasteiger partial charge on any atom is -0.397 e. The second kappa shape index (κ2) is 9.83. The largest absolute Gasteiger partial charge is 0.418 e. The lowest BCUT2D eigenvalue weighted by atomic mass is 10.1. The van der Waals surface area contributed by atoms with Gasteiger partial charge in [0.1, 0.15) is 6.23 Å². The zero-order valence-electron chi connectivity index (χ0n) is 19.6. The van der Waals surface area contributed by atoms with Crippen molar-refractivity contribution >= 4 is 26.0 Å². The Morgan fingerprint density at radius 3 is 2.44 bits per heavy atom. The number of amides is 2. The maximum atomic E-state index is 12.9. The summed E-state index contributed by atoms with van der Waals surface area (Å²) >= 11 is 0. The van der Waals surface area contributed by atoms with Gasteiger partial charge in [0.2, 0.25) is 5.88 Å². The number of carbonyl (C=O) groups excluding carboxylic acids is 2. The molecule has 1 saturated heterocycles. The van der Waals surface area contributed by atoms with Gasteiger partial charge in [0.25, 0.3) is 5.91 Å². The Bertz CT molecular complexity index is 927. The summed E-state index contributed by atoms with van der Waals surface area (Å²) < 4.78 is 12.0. The standard InChI is InChI=1S/C24H33N3O4Si/c1-24(2,3)32(4,5)31-21-13-9-10-16-27(21)23(29)30-20-15-14-19(17-25-20)26-22(28)18-11-7-6-8-12-18/h6-8,11-12,14-15,17,21H,9-10,13,16H2,1-5H3,(H,26,28). The Morgan fingerprint density at radius 2 is 1.81 bits per heavy atom. The highest BCUT2D eigenvalue weighted by molar-refractivity contribution is 6.74. The highest BCUT2D eigenvalue weighted by Crippen LogP contribution is 2.38. The Balaban J connectivity index is 1.62. The van der Waals surface area contributed by atoms with Crippen LogP contribution in [0.1, 0.15) is 50.4 Å². The first kappa shape index (κ1) is 23.9. The summed E-state index contributed by atoms with van der Waals surface area (Å²) in [7, 11) is -2.03. The van der Waals surface area contributed by atoms with Gasteiger partial charge in [-0.2, -0.15) is 0 Å². The highest BCUT2D eigenvalue weighted by atomic mass is 28.4. The van der Waals surface area contributed by atoms with Crippen molar-refractivity contribution in [3.63, 3.8) is 0 Å². The second-order valence-electron chi connectivity index (χ2n) is 9.60. The minimum absolute atomic E-state index is 0.0571. The van der Waals surface area contributed by atoms with Crippen LogP contribution in [-0.4, -0.2) is 43.0 Å². The molecule has 8 heteroatoms. The van der Waals surface area contributed by atoms with E-state index < -0.39 is 14.4 Å². The van der Waals surface area contributed by atoms with E-state index in [1.54, 1.807) is 41.3 Å². The van der Waals surface area contributed by atoms with Gasteiger partial charge >= 0.3 is 6.09 Å². The van der Waals surface area contributed by atoms with Crippen molar-refractivity contribution in [1.82, 2.24) is 9.88 Å². The normalized spacial score (nSPS) is 17.0. The second-order valence-corrected chi connectivity index (χ2v) is 14.4. The number of rotatable bonds is 5. The lowest BCUT2D eigenvalue weighted by molar-refractivity contribution is -0.000409. The predicted octanol–water partition coefficient (Wildman–Crippen LogP) is 5.67. The van der Waals surface area contributed by atoms with E-state index >= 15 is 0 Å². The van der Waals surface area contributed by atoms with Gasteiger partial charge in [0.05, 0.1) is 11.9 Å². The molecule has 3 rings (SSSR count). The van der Waals surface area contributed by atoms with E-state index in [4.69, 9.17) is 9.16 Å². The molecule has 1 aromatic heterocycles. The lowest BCUT2D eigenvalue weighted by Gasteiger charge is -2.43. The molecular weight excluding hydrogens is 422 g/mol. The first-order valence-corrected chi connectivity index (χ1v) is 14.0. The minimum atomic E-state index is -2.03. The molecule has 2 aromatic rings. The van der Waals surface area contributed by atoms with Crippen LogP contribution in [0.4, 0.5) is 10.5 Å². The summed E-state index contributed by atoms with van der Waals surface area (Å²) in [5.41, 5.74) is 1.08. The molecule has 0 bridgehead atoms. The Morgan fingerprint density at radius 1 is 1.09 bits per heavy atom. The summed E-state index contributed by atoms with van der Waals surface area (Å²) in [5.74, 6) is -0.0413. The molecule has 1 unspecified atom stereocenters. The zero-order chi connectivity index (χ0) is 23.4. The van der Waals surface area contributed by atoms with Crippen molar-refractivity contribution in [1.29, 1.82) is 0 Å². The van der Waals surface area contributed by atoms with E-state index in [1.165, 1.54) is 6.20 Å². The maximum Gasteiger partial charge on any atom is 0.418 e. The van der Waals surface area contributed by atoms with Gasteiger partial charge in [-0.3, -0.25) is 9.69 Å². The van der Waals surface area contributed by atoms with Crippen LogP contribution in [0.15, 0.2) is 48.7 Å². The number of aromatic nitrogens is 1. The summed E-state index contributed by atoms with van der Waals surface area (Å²) in [6, 6.07) is 12.2. The number of nitrogens with zero attached hydrogens (tertiary/aromatic N) is 2. The Labute approximate surface area is 191 Å². The maximum absolute atomic E-state index is 12.9. The number of carbonyl (C=O) groups is 2. The third kappa shape index (κ3) is 5.95. The number of pyridine rings is 1. The molecule has 0 radical (unpaired) electrons. The Kier molecular flexibility index (Phi) is 7.35. The number of anilines is 1. The molecule has 1 aliphatic heterocycles. The van der Waals surface area contributed by atoms with Crippen molar-refractivity contribution in [2.45, 2.75) is 64.4 Å². The molecule has 7 nitrogen and oxygen atoms in total. The fourth-order valence-electron chi connectivity index (χ4n) is 3.20. The van der Waals surface area contributed by atoms with Gasteiger partial charge in [-0.05, 0) is 55.6 Å². The fourth-order valence-corrected chi connectivity index (χ4v) is 4.48. The molecule has 32 heavy (non-hydrogen) atoms. The van der Waals surface area contributed by atoms with Crippen LogP contribution in [0, 0.1) is 0 Å². The van der Waals surface area contributed by atoms with Gasteiger partial charge < -0.3 is 14.5 Å². The topological polar surface area (TPSA) is 80.8 Å². The van der Waals surface area contributed by atoms with Crippen LogP contribution in [0.25, 0.3) is 0 Å². The summed E-state index contributed by atoms with van der Waals surface area (Å²) in [4.78, 5) is 31.0. The van der Waals surface area contributed by atoms with Gasteiger partial charge in [-0.25, -0.2) is 9.78 Å². The Hall–Kier alpha value is -2.71. The average molecular weight is 456 g/mol. The van der Waals surface area contributed by atoms with Crippen molar-refractivity contribution in [2.24, 2.45) is 0 Å². The lowest BCUT2D eigenvalue weighted by Crippen LogP contribution is -2.53. The molecule has 0 saturated carbocycles. The quantitative estimate of drug-likeness (QED) is 0.588. The van der Waals surface area contributed by atoms with Crippen molar-refractivity contribution < 1.29 is 18.8 Å². The number of ether oxygens (including phenoxy) is 1. The smallest absolute Gasteiger partial charge is 0.397 e. The molecule has 172 valence electrons. The first-order valence-electron chi connectivity index (χ1n) is 11.1. The third-order valence-electron chi connectivity index (χ3n) is 6.14. The van der Waals surface area contributed by atoms with Crippen molar-refractivity contribution in [3.05, 3.63) is 54.2 Å². The van der Waals surface area contributed by atoms with Crippen LogP contribution in [0.5, 0.6) is 5.88 Å². The molecule has 1 aliphatic rings. The van der Waals surface area contributed by atoms with Gasteiger partial charge in [-0.15, -0.1) is 0 Å². The summed E-state index contributed by atoms with van der Waals surface area (Å²) in [6.45, 7) is 11.5. The molecule has 2 amide bonds. The predicted molar refractivity (Wildman–Crippen MR) is 127 cm³/mol. The number of hydrogen-bond donors (Lipinski definition) is 1. The molecular formula is C24H33N3O4Si. The van der Waals surface area contributed by atoms with E-state index in [9.17, 15) is 9.59 Å². The van der Waals surface area contributed by atoms with Crippen molar-refractivity contribution in [3.8, 4) is 5.88 Å². The number of likely N-dealkylation sites (tertiary alicyclic amines) is 1. The number of hydrogen-bond acceptors (Lipinski definition) is 5. The molecule has 1 fully saturated rings. The van der Waals surface area contributed by atoms with E-state index in [1.807, 2.05) is 6.07 Å². The third-order valence-corrected chi connectivity index (χ3v) is 10.6. The van der Waals surface area contributed by atoms with Crippen molar-refractivity contribution in [2.75, 3.05) is 11.9 Å². The highest BCUT2D eigenvalue weighted by Gasteiger charge is 2.42. The van der Waals surface area contributed by atoms with Gasteiger partial charge in [0, 0.05) is 18.2 Å². The van der Waals surface area contributed by atoms with Gasteiger partial charge in [0.15, 0.2) is 8.32 Å². The molecule has 1 N–H and O–H groups in total. The van der Waals surface area contributed by atoms with Gasteiger partial charge in [-0.1, -0.05) is 39.0 Å². The van der Waals surface area contributed by atoms with Crippen LogP contribution in [0.3, 0.4) is 0 Å². The summed E-state index contributed by atoms with van der Waals surface area (Å²) in [5, 5.41) is 2.84. The molecule has 0 aliphatic carbocycles. The van der Waals surface area contributed by atoms with Crippen LogP contribution >= 0.6 is 0 Å². The molecule has 1 atom stereocenters. The molecule has 0 spiro atoms. The molecule has 2 heterocycles. The fraction of sp³-hybridized carbons (Fsp3) is 0.458. The number of nitrogens with one attached hydrogen (secondary N) is 1. The number of piperidine rings is 1. The van der Waals surface area contributed by atoms with E-state index in [0.717, 1.165) is 19.3 Å². The number of benzene rings is 1. The SMILES string of the molecule is CC(C)(C)[Si](C)(C)OC1CCCCN1C(=O)Oc1ccc(NC(=O)c2ccccc2)cn1. The van der Waals surface area contributed by atoms with Crippen LogP contribution in [0.2, 0.25) is 18.1 Å². The van der Waals surface area contributed by atoms with E-state index in [2.05, 4.69) is 44.2 Å². The first-order chi connectivity index (χ1) is 15.1. The van der Waals surface area contributed by atoms with E-state index in [0.29, 0.717) is 17.8 Å².